The van der Waals surface area contributed by atoms with Gasteiger partial charge in [0.2, 0.25) is 0 Å². The Bertz CT molecular complexity index is 957. The molecule has 1 saturated heterocycles. The van der Waals surface area contributed by atoms with Gasteiger partial charge in [-0.1, -0.05) is 17.3 Å². The molecule has 1 fully saturated rings. The van der Waals surface area contributed by atoms with Crippen molar-refractivity contribution in [1.29, 1.82) is 0 Å². The van der Waals surface area contributed by atoms with E-state index in [0.29, 0.717) is 12.4 Å². The van der Waals surface area contributed by atoms with E-state index in [1.54, 1.807) is 13.3 Å². The first-order valence-corrected chi connectivity index (χ1v) is 9.49. The van der Waals surface area contributed by atoms with Crippen molar-refractivity contribution >= 4 is 0 Å². The van der Waals surface area contributed by atoms with Gasteiger partial charge in [-0.25, -0.2) is 14.6 Å². The second-order valence-electron chi connectivity index (χ2n) is 7.23. The first-order valence-electron chi connectivity index (χ1n) is 9.49. The Morgan fingerprint density at radius 3 is 2.89 bits per heavy atom. The molecule has 144 valence electrons. The highest BCUT2D eigenvalue weighted by Crippen LogP contribution is 2.31. The Morgan fingerprint density at radius 2 is 2.04 bits per heavy atom. The SMILES string of the molecule is COc1ccccc1-c1ncc(CN2CC[C@H]3OCc4cnnn4[C@@H]3C2)cn1. The highest BCUT2D eigenvalue weighted by molar-refractivity contribution is 5.63. The largest absolute Gasteiger partial charge is 0.496 e. The summed E-state index contributed by atoms with van der Waals surface area (Å²) in [4.78, 5) is 11.5. The Kier molecular flexibility index (Phi) is 4.50. The summed E-state index contributed by atoms with van der Waals surface area (Å²) < 4.78 is 13.4. The van der Waals surface area contributed by atoms with E-state index in [0.717, 1.165) is 48.6 Å². The lowest BCUT2D eigenvalue weighted by Gasteiger charge is -2.41. The molecule has 28 heavy (non-hydrogen) atoms. The van der Waals surface area contributed by atoms with Crippen LogP contribution in [0.25, 0.3) is 11.4 Å². The normalized spacial score (nSPS) is 21.8. The highest BCUT2D eigenvalue weighted by atomic mass is 16.5. The fraction of sp³-hybridized carbons (Fsp3) is 0.400. The molecule has 0 aliphatic carbocycles. The monoisotopic (exact) mass is 378 g/mol. The van der Waals surface area contributed by atoms with Gasteiger partial charge >= 0.3 is 0 Å². The fourth-order valence-electron chi connectivity index (χ4n) is 4.05. The first-order chi connectivity index (χ1) is 13.8. The zero-order valence-corrected chi connectivity index (χ0v) is 15.7. The minimum atomic E-state index is 0.216. The van der Waals surface area contributed by atoms with Crippen LogP contribution in [0.15, 0.2) is 42.9 Å². The third kappa shape index (κ3) is 3.14. The second kappa shape index (κ2) is 7.29. The van der Waals surface area contributed by atoms with Gasteiger partial charge in [-0.15, -0.1) is 5.10 Å². The van der Waals surface area contributed by atoms with E-state index in [1.807, 2.05) is 41.3 Å². The minimum Gasteiger partial charge on any atom is -0.496 e. The molecule has 3 aromatic rings. The van der Waals surface area contributed by atoms with Gasteiger partial charge < -0.3 is 9.47 Å². The van der Waals surface area contributed by atoms with E-state index in [4.69, 9.17) is 9.47 Å². The number of likely N-dealkylation sites (tertiary alicyclic amines) is 1. The zero-order chi connectivity index (χ0) is 18.9. The van der Waals surface area contributed by atoms with Crippen molar-refractivity contribution in [3.05, 3.63) is 54.1 Å². The maximum absolute atomic E-state index is 5.99. The number of ether oxygens (including phenoxy) is 2. The summed E-state index contributed by atoms with van der Waals surface area (Å²) in [5.74, 6) is 1.45. The summed E-state index contributed by atoms with van der Waals surface area (Å²) in [5.41, 5.74) is 3.04. The van der Waals surface area contributed by atoms with Crippen molar-refractivity contribution in [1.82, 2.24) is 29.9 Å². The number of methoxy groups -OCH3 is 1. The summed E-state index contributed by atoms with van der Waals surface area (Å²) in [5, 5.41) is 8.31. The number of rotatable bonds is 4. The summed E-state index contributed by atoms with van der Waals surface area (Å²) in [6.07, 6.45) is 6.80. The van der Waals surface area contributed by atoms with Crippen molar-refractivity contribution in [2.24, 2.45) is 0 Å². The molecular weight excluding hydrogens is 356 g/mol. The molecule has 0 spiro atoms. The third-order valence-corrected chi connectivity index (χ3v) is 5.47. The average Bonchev–Trinajstić information content (AvgIpc) is 3.24. The molecule has 8 nitrogen and oxygen atoms in total. The molecule has 8 heteroatoms. The summed E-state index contributed by atoms with van der Waals surface area (Å²) in [6.45, 7) is 3.28. The summed E-state index contributed by atoms with van der Waals surface area (Å²) >= 11 is 0. The van der Waals surface area contributed by atoms with Crippen molar-refractivity contribution in [2.75, 3.05) is 20.2 Å². The zero-order valence-electron chi connectivity index (χ0n) is 15.7. The molecule has 1 aromatic carbocycles. The Hall–Kier alpha value is -2.84. The van der Waals surface area contributed by atoms with Gasteiger partial charge in [0, 0.05) is 37.6 Å². The van der Waals surface area contributed by atoms with Crippen LogP contribution in [0.2, 0.25) is 0 Å². The number of para-hydroxylation sites is 1. The van der Waals surface area contributed by atoms with E-state index in [9.17, 15) is 0 Å². The molecule has 2 aromatic heterocycles. The smallest absolute Gasteiger partial charge is 0.162 e. The van der Waals surface area contributed by atoms with Crippen LogP contribution in [0, 0.1) is 0 Å². The minimum absolute atomic E-state index is 0.216. The van der Waals surface area contributed by atoms with Crippen LogP contribution in [0.1, 0.15) is 23.7 Å². The molecule has 5 rings (SSSR count). The predicted octanol–water partition coefficient (Wildman–Crippen LogP) is 2.09. The number of piperidine rings is 1. The molecule has 0 amide bonds. The standard InChI is InChI=1S/C20H22N6O2/c1-27-18-5-3-2-4-16(18)20-21-8-14(9-22-20)11-25-7-6-19-17(12-25)26-15(13-28-19)10-23-24-26/h2-5,8-10,17,19H,6-7,11-13H2,1H3/t17-,19-/m1/s1. The van der Waals surface area contributed by atoms with Crippen LogP contribution in [0.3, 0.4) is 0 Å². The first kappa shape index (κ1) is 17.3. The van der Waals surface area contributed by atoms with Crippen molar-refractivity contribution in [2.45, 2.75) is 31.7 Å². The molecule has 2 aliphatic heterocycles. The molecule has 4 heterocycles. The number of fused-ring (bicyclic) bond motifs is 3. The molecule has 0 unspecified atom stereocenters. The molecule has 0 radical (unpaired) electrons. The van der Waals surface area contributed by atoms with Crippen molar-refractivity contribution in [3.63, 3.8) is 0 Å². The van der Waals surface area contributed by atoms with E-state index >= 15 is 0 Å². The molecule has 2 atom stereocenters. The lowest BCUT2D eigenvalue weighted by Crippen LogP contribution is -2.47. The second-order valence-corrected chi connectivity index (χ2v) is 7.23. The van der Waals surface area contributed by atoms with Crippen LogP contribution in [-0.4, -0.2) is 56.2 Å². The topological polar surface area (TPSA) is 78.2 Å². The number of nitrogens with zero attached hydrogens (tertiary/aromatic N) is 6. The number of benzene rings is 1. The van der Waals surface area contributed by atoms with E-state index in [2.05, 4.69) is 25.2 Å². The van der Waals surface area contributed by atoms with Gasteiger partial charge in [0.05, 0.1) is 43.3 Å². The van der Waals surface area contributed by atoms with Crippen molar-refractivity contribution < 1.29 is 9.47 Å². The number of aromatic nitrogens is 5. The van der Waals surface area contributed by atoms with Gasteiger partial charge in [-0.3, -0.25) is 4.90 Å². The molecule has 0 saturated carbocycles. The van der Waals surface area contributed by atoms with Crippen LogP contribution in [-0.2, 0) is 17.9 Å². The molecule has 0 N–H and O–H groups in total. The van der Waals surface area contributed by atoms with E-state index in [-0.39, 0.29) is 12.1 Å². The third-order valence-electron chi connectivity index (χ3n) is 5.47. The van der Waals surface area contributed by atoms with Crippen LogP contribution in [0.5, 0.6) is 5.75 Å². The van der Waals surface area contributed by atoms with Gasteiger partial charge in [0.15, 0.2) is 5.82 Å². The Labute approximate surface area is 163 Å². The Balaban J connectivity index is 1.30. The van der Waals surface area contributed by atoms with Crippen LogP contribution in [0.4, 0.5) is 0 Å². The van der Waals surface area contributed by atoms with Gasteiger partial charge in [-0.05, 0) is 18.6 Å². The van der Waals surface area contributed by atoms with Crippen LogP contribution >= 0.6 is 0 Å². The molecule has 0 bridgehead atoms. The van der Waals surface area contributed by atoms with E-state index in [1.165, 1.54) is 0 Å². The number of hydrogen-bond acceptors (Lipinski definition) is 7. The lowest BCUT2D eigenvalue weighted by atomic mass is 10.00. The van der Waals surface area contributed by atoms with Gasteiger partial charge in [0.1, 0.15) is 5.75 Å². The maximum atomic E-state index is 5.99. The average molecular weight is 378 g/mol. The fourth-order valence-corrected chi connectivity index (χ4v) is 4.05. The lowest BCUT2D eigenvalue weighted by molar-refractivity contribution is -0.0670. The summed E-state index contributed by atoms with van der Waals surface area (Å²) in [7, 11) is 1.66. The van der Waals surface area contributed by atoms with Gasteiger partial charge in [0.25, 0.3) is 0 Å². The van der Waals surface area contributed by atoms with Gasteiger partial charge in [-0.2, -0.15) is 0 Å². The Morgan fingerprint density at radius 1 is 1.18 bits per heavy atom. The highest BCUT2D eigenvalue weighted by Gasteiger charge is 2.36. The van der Waals surface area contributed by atoms with Crippen molar-refractivity contribution in [3.8, 4) is 17.1 Å². The predicted molar refractivity (Wildman–Crippen MR) is 102 cm³/mol. The maximum Gasteiger partial charge on any atom is 0.162 e. The quantitative estimate of drug-likeness (QED) is 0.688. The molecular formula is C20H22N6O2. The number of hydrogen-bond donors (Lipinski definition) is 0. The van der Waals surface area contributed by atoms with E-state index < -0.39 is 0 Å². The molecule has 2 aliphatic rings. The summed E-state index contributed by atoms with van der Waals surface area (Å²) in [6, 6.07) is 8.01. The van der Waals surface area contributed by atoms with Crippen LogP contribution < -0.4 is 4.74 Å².